The molecule has 0 radical (unpaired) electrons. The summed E-state index contributed by atoms with van der Waals surface area (Å²) < 4.78 is 29.1. The molecule has 2 aromatic carbocycles. The maximum atomic E-state index is 13.2. The first-order chi connectivity index (χ1) is 15.4. The molecule has 1 aliphatic rings. The normalized spacial score (nSPS) is 14.3. The highest BCUT2D eigenvalue weighted by molar-refractivity contribution is 7.92. The van der Waals surface area contributed by atoms with Crippen LogP contribution in [0.2, 0.25) is 0 Å². The number of benzene rings is 2. The average Bonchev–Trinajstić information content (AvgIpc) is 2.82. The molecule has 1 heterocycles. The molecule has 0 atom stereocenters. The molecule has 0 aliphatic carbocycles. The molecule has 1 fully saturated rings. The molecule has 1 amide bonds. The van der Waals surface area contributed by atoms with Gasteiger partial charge < -0.3 is 15.1 Å². The SMILES string of the molecule is CCCCN(C)C(=O)c1ccc(N2CCNCC2)c(NS(=O)(=O)c2ccc(CC)cc2)c1. The number of hydrogen-bond donors (Lipinski definition) is 2. The molecule has 0 bridgehead atoms. The molecule has 7 nitrogen and oxygen atoms in total. The van der Waals surface area contributed by atoms with Gasteiger partial charge in [0.1, 0.15) is 0 Å². The van der Waals surface area contributed by atoms with E-state index in [1.807, 2.05) is 25.1 Å². The molecule has 174 valence electrons. The van der Waals surface area contributed by atoms with Gasteiger partial charge in [-0.15, -0.1) is 0 Å². The van der Waals surface area contributed by atoms with Crippen molar-refractivity contribution in [3.63, 3.8) is 0 Å². The summed E-state index contributed by atoms with van der Waals surface area (Å²) in [6, 6.07) is 12.2. The summed E-state index contributed by atoms with van der Waals surface area (Å²) in [5.74, 6) is -0.113. The number of carbonyl (C=O) groups excluding carboxylic acids is 1. The van der Waals surface area contributed by atoms with Crippen molar-refractivity contribution in [2.24, 2.45) is 0 Å². The summed E-state index contributed by atoms with van der Waals surface area (Å²) in [4.78, 5) is 17.0. The van der Waals surface area contributed by atoms with Crippen LogP contribution in [-0.4, -0.2) is 59.0 Å². The third-order valence-electron chi connectivity index (χ3n) is 5.78. The van der Waals surface area contributed by atoms with Crippen molar-refractivity contribution in [3.8, 4) is 0 Å². The fourth-order valence-electron chi connectivity index (χ4n) is 3.76. The minimum atomic E-state index is -3.79. The Morgan fingerprint density at radius 1 is 1.09 bits per heavy atom. The van der Waals surface area contributed by atoms with Crippen LogP contribution in [-0.2, 0) is 16.4 Å². The van der Waals surface area contributed by atoms with Gasteiger partial charge in [-0.3, -0.25) is 9.52 Å². The lowest BCUT2D eigenvalue weighted by molar-refractivity contribution is 0.0793. The smallest absolute Gasteiger partial charge is 0.261 e. The lowest BCUT2D eigenvalue weighted by atomic mass is 10.1. The highest BCUT2D eigenvalue weighted by Crippen LogP contribution is 2.30. The van der Waals surface area contributed by atoms with Crippen molar-refractivity contribution < 1.29 is 13.2 Å². The van der Waals surface area contributed by atoms with E-state index < -0.39 is 10.0 Å². The van der Waals surface area contributed by atoms with E-state index in [0.717, 1.165) is 56.7 Å². The fourth-order valence-corrected chi connectivity index (χ4v) is 4.82. The molecule has 8 heteroatoms. The average molecular weight is 459 g/mol. The van der Waals surface area contributed by atoms with Crippen molar-refractivity contribution in [1.82, 2.24) is 10.2 Å². The lowest BCUT2D eigenvalue weighted by Crippen LogP contribution is -2.43. The van der Waals surface area contributed by atoms with Gasteiger partial charge in [0.05, 0.1) is 16.3 Å². The van der Waals surface area contributed by atoms with Gasteiger partial charge in [-0.05, 0) is 48.7 Å². The number of nitrogens with one attached hydrogen (secondary N) is 2. The first-order valence-electron chi connectivity index (χ1n) is 11.3. The largest absolute Gasteiger partial charge is 0.367 e. The Kier molecular flexibility index (Phi) is 8.15. The molecule has 1 saturated heterocycles. The van der Waals surface area contributed by atoms with Gasteiger partial charge in [0, 0.05) is 45.3 Å². The fraction of sp³-hybridized carbons (Fsp3) is 0.458. The first-order valence-corrected chi connectivity index (χ1v) is 12.8. The van der Waals surface area contributed by atoms with Crippen LogP contribution >= 0.6 is 0 Å². The summed E-state index contributed by atoms with van der Waals surface area (Å²) in [6.45, 7) is 7.96. The third-order valence-corrected chi connectivity index (χ3v) is 7.16. The van der Waals surface area contributed by atoms with E-state index in [9.17, 15) is 13.2 Å². The van der Waals surface area contributed by atoms with Crippen LogP contribution in [0.1, 0.15) is 42.6 Å². The molecule has 0 spiro atoms. The van der Waals surface area contributed by atoms with Gasteiger partial charge in [0.15, 0.2) is 0 Å². The van der Waals surface area contributed by atoms with Crippen LogP contribution in [0.3, 0.4) is 0 Å². The molecular weight excluding hydrogens is 424 g/mol. The molecule has 2 N–H and O–H groups in total. The molecule has 0 saturated carbocycles. The van der Waals surface area contributed by atoms with Crippen LogP contribution in [0.5, 0.6) is 0 Å². The minimum absolute atomic E-state index is 0.113. The second-order valence-corrected chi connectivity index (χ2v) is 9.83. The van der Waals surface area contributed by atoms with Gasteiger partial charge in [-0.1, -0.05) is 32.4 Å². The van der Waals surface area contributed by atoms with Crippen molar-refractivity contribution in [2.75, 3.05) is 49.4 Å². The molecule has 1 aliphatic heterocycles. The van der Waals surface area contributed by atoms with Crippen LogP contribution in [0.15, 0.2) is 47.4 Å². The predicted molar refractivity (Wildman–Crippen MR) is 130 cm³/mol. The van der Waals surface area contributed by atoms with E-state index >= 15 is 0 Å². The molecular formula is C24H34N4O3S. The van der Waals surface area contributed by atoms with Gasteiger partial charge in [-0.25, -0.2) is 8.42 Å². The van der Waals surface area contributed by atoms with E-state index in [-0.39, 0.29) is 10.8 Å². The lowest BCUT2D eigenvalue weighted by Gasteiger charge is -2.31. The molecule has 3 rings (SSSR count). The standard InChI is InChI=1S/C24H34N4O3S/c1-4-6-15-27(3)24(29)20-9-12-23(28-16-13-25-14-17-28)22(18-20)26-32(30,31)21-10-7-19(5-2)8-11-21/h7-12,18,25-26H,4-6,13-17H2,1-3H3. The van der Waals surface area contributed by atoms with Crippen LogP contribution in [0.4, 0.5) is 11.4 Å². The molecule has 0 aromatic heterocycles. The Balaban J connectivity index is 1.94. The number of unbranched alkanes of at least 4 members (excludes halogenated alkanes) is 1. The number of sulfonamides is 1. The summed E-state index contributed by atoms with van der Waals surface area (Å²) in [5, 5.41) is 3.31. The second-order valence-electron chi connectivity index (χ2n) is 8.15. The highest BCUT2D eigenvalue weighted by atomic mass is 32.2. The molecule has 32 heavy (non-hydrogen) atoms. The Bertz CT molecular complexity index is 1020. The van der Waals surface area contributed by atoms with Crippen molar-refractivity contribution >= 4 is 27.3 Å². The van der Waals surface area contributed by atoms with Gasteiger partial charge in [0.2, 0.25) is 0 Å². The quantitative estimate of drug-likeness (QED) is 0.602. The van der Waals surface area contributed by atoms with Crippen LogP contribution < -0.4 is 14.9 Å². The number of amides is 1. The van der Waals surface area contributed by atoms with Gasteiger partial charge >= 0.3 is 0 Å². The summed E-state index contributed by atoms with van der Waals surface area (Å²) in [5.41, 5.74) is 2.77. The highest BCUT2D eigenvalue weighted by Gasteiger charge is 2.22. The summed E-state index contributed by atoms with van der Waals surface area (Å²) in [7, 11) is -2.01. The zero-order valence-electron chi connectivity index (χ0n) is 19.2. The number of piperazine rings is 1. The van der Waals surface area contributed by atoms with Crippen LogP contribution in [0.25, 0.3) is 0 Å². The minimum Gasteiger partial charge on any atom is -0.367 e. The third kappa shape index (κ3) is 5.81. The van der Waals surface area contributed by atoms with Crippen molar-refractivity contribution in [1.29, 1.82) is 0 Å². The molecule has 2 aromatic rings. The summed E-state index contributed by atoms with van der Waals surface area (Å²) >= 11 is 0. The van der Waals surface area contributed by atoms with E-state index in [1.165, 1.54) is 0 Å². The molecule has 0 unspecified atom stereocenters. The second kappa shape index (κ2) is 10.8. The predicted octanol–water partition coefficient (Wildman–Crippen LogP) is 3.33. The van der Waals surface area contributed by atoms with E-state index in [1.54, 1.807) is 36.2 Å². The Morgan fingerprint density at radius 2 is 1.78 bits per heavy atom. The maximum Gasteiger partial charge on any atom is 0.261 e. The number of aryl methyl sites for hydroxylation is 1. The monoisotopic (exact) mass is 458 g/mol. The van der Waals surface area contributed by atoms with Crippen molar-refractivity contribution in [2.45, 2.75) is 38.0 Å². The Morgan fingerprint density at radius 3 is 2.41 bits per heavy atom. The Labute approximate surface area is 191 Å². The van der Waals surface area contributed by atoms with E-state index in [2.05, 4.69) is 21.9 Å². The van der Waals surface area contributed by atoms with Gasteiger partial charge in [0.25, 0.3) is 15.9 Å². The number of anilines is 2. The summed E-state index contributed by atoms with van der Waals surface area (Å²) in [6.07, 6.45) is 2.77. The van der Waals surface area contributed by atoms with Crippen LogP contribution in [0, 0.1) is 0 Å². The maximum absolute atomic E-state index is 13.2. The topological polar surface area (TPSA) is 81.8 Å². The number of rotatable bonds is 9. The van der Waals surface area contributed by atoms with E-state index in [0.29, 0.717) is 17.8 Å². The Hall–Kier alpha value is -2.58. The zero-order chi connectivity index (χ0) is 23.1. The van der Waals surface area contributed by atoms with Crippen molar-refractivity contribution in [3.05, 3.63) is 53.6 Å². The number of nitrogens with zero attached hydrogens (tertiary/aromatic N) is 2. The first kappa shape index (κ1) is 24.1. The number of carbonyl (C=O) groups is 1. The number of hydrogen-bond acceptors (Lipinski definition) is 5. The van der Waals surface area contributed by atoms with Gasteiger partial charge in [-0.2, -0.15) is 0 Å². The van der Waals surface area contributed by atoms with E-state index in [4.69, 9.17) is 0 Å². The zero-order valence-corrected chi connectivity index (χ0v) is 20.0.